The van der Waals surface area contributed by atoms with Crippen LogP contribution in [0, 0.1) is 12.8 Å². The Labute approximate surface area is 150 Å². The molecular weight excluding hydrogens is 266 g/mol. The summed E-state index contributed by atoms with van der Waals surface area (Å²) in [7, 11) is 0. The zero-order chi connectivity index (χ0) is 11.4. The molecule has 16 heavy (non-hydrogen) atoms. The third-order valence-electron chi connectivity index (χ3n) is 3.08. The molecule has 1 aromatic rings. The van der Waals surface area contributed by atoms with E-state index in [2.05, 4.69) is 52.8 Å². The molecule has 0 fully saturated rings. The molecule has 0 nitrogen and oxygen atoms in total. The molecule has 0 radical (unpaired) electrons. The molecule has 0 unspecified atom stereocenters. The van der Waals surface area contributed by atoms with E-state index in [1.165, 1.54) is 35.4 Å². The maximum atomic E-state index is 2.27. The van der Waals surface area contributed by atoms with E-state index in [0.717, 1.165) is 0 Å². The van der Waals surface area contributed by atoms with E-state index in [-0.39, 0.29) is 58.2 Å². The molecule has 0 saturated heterocycles. The number of hydrogen-bond acceptors (Lipinski definition) is 0. The fourth-order valence-corrected chi connectivity index (χ4v) is 2.25. The van der Waals surface area contributed by atoms with Crippen LogP contribution in [0.1, 0.15) is 63.1 Å². The third-order valence-corrected chi connectivity index (χ3v) is 3.08. The number of rotatable bonds is 4. The molecule has 0 aliphatic rings. The first-order valence-electron chi connectivity index (χ1n) is 6.00. The average molecular weight is 289 g/mol. The molecule has 0 amide bonds. The normalized spacial score (nSPS) is 10.1. The van der Waals surface area contributed by atoms with Crippen LogP contribution in [0.4, 0.5) is 0 Å². The van der Waals surface area contributed by atoms with Crippen LogP contribution >= 0.6 is 0 Å². The smallest absolute Gasteiger partial charge is 0.186 e. The van der Waals surface area contributed by atoms with Gasteiger partial charge in [-0.05, 0) is 5.92 Å². The van der Waals surface area contributed by atoms with E-state index in [4.69, 9.17) is 0 Å². The maximum absolute atomic E-state index is 2.27. The van der Waals surface area contributed by atoms with Gasteiger partial charge in [0.1, 0.15) is 0 Å². The van der Waals surface area contributed by atoms with Gasteiger partial charge in [-0.1, -0.05) is 59.1 Å². The summed E-state index contributed by atoms with van der Waals surface area (Å²) >= 11 is 0. The van der Waals surface area contributed by atoms with Gasteiger partial charge in [0.05, 0.1) is 0 Å². The molecule has 1 aromatic carbocycles. The van der Waals surface area contributed by atoms with Gasteiger partial charge in [0.15, 0.2) is 0 Å². The summed E-state index contributed by atoms with van der Waals surface area (Å²) in [5.41, 5.74) is 4.42. The zero-order valence-corrected chi connectivity index (χ0v) is 16.6. The van der Waals surface area contributed by atoms with Crippen LogP contribution in [-0.4, -0.2) is 0 Å². The first-order valence-corrected chi connectivity index (χ1v) is 6.00. The van der Waals surface area contributed by atoms with Crippen LogP contribution in [0.2, 0.25) is 0 Å². The zero-order valence-electron chi connectivity index (χ0n) is 11.7. The van der Waals surface area contributed by atoms with Crippen LogP contribution in [0.5, 0.6) is 0 Å². The molecule has 0 heterocycles. The predicted octanol–water partition coefficient (Wildman–Crippen LogP) is 1.87. The maximum Gasteiger partial charge on any atom is 1.00 e. The third kappa shape index (κ3) is 4.29. The second-order valence-electron chi connectivity index (χ2n) is 4.70. The number of hydrogen-bond donors (Lipinski definition) is 0. The molecule has 0 aliphatic heterocycles. The Bertz CT molecular complexity index is 315. The van der Waals surface area contributed by atoms with E-state index in [9.17, 15) is 0 Å². The van der Waals surface area contributed by atoms with Crippen molar-refractivity contribution in [1.82, 2.24) is 0 Å². The Kier molecular flexibility index (Phi) is 8.53. The molecule has 0 spiro atoms. The summed E-state index contributed by atoms with van der Waals surface area (Å²) < 4.78 is 0. The van der Waals surface area contributed by atoms with Crippen molar-refractivity contribution in [3.8, 4) is 0 Å². The van der Waals surface area contributed by atoms with Crippen molar-refractivity contribution < 1.29 is 58.2 Å². The summed E-state index contributed by atoms with van der Waals surface area (Å²) in [4.78, 5) is 0. The summed E-state index contributed by atoms with van der Waals surface area (Å²) in [5, 5.41) is 0. The van der Waals surface area contributed by atoms with Gasteiger partial charge in [0, 0.05) is 0 Å². The summed E-state index contributed by atoms with van der Waals surface area (Å²) in [6, 6.07) is 6.70. The average Bonchev–Trinajstić information content (AvgIpc) is 2.17. The molecule has 0 bridgehead atoms. The van der Waals surface area contributed by atoms with Gasteiger partial charge in [0.2, 0.25) is 0 Å². The van der Waals surface area contributed by atoms with E-state index in [1.807, 2.05) is 0 Å². The van der Waals surface area contributed by atoms with Gasteiger partial charge in [-0.2, -0.15) is 17.5 Å². The Morgan fingerprint density at radius 3 is 2.38 bits per heavy atom. The van der Waals surface area contributed by atoms with Crippen molar-refractivity contribution in [3.05, 3.63) is 40.8 Å². The summed E-state index contributed by atoms with van der Waals surface area (Å²) in [5.74, 6) is 2.15. The Balaban J connectivity index is 0.00000225. The van der Waals surface area contributed by atoms with Crippen molar-refractivity contribution in [1.29, 1.82) is 0 Å². The largest absolute Gasteiger partial charge is 1.00 e. The van der Waals surface area contributed by atoms with Crippen molar-refractivity contribution in [3.63, 3.8) is 0 Å². The van der Waals surface area contributed by atoms with Crippen molar-refractivity contribution in [2.45, 2.75) is 53.4 Å². The second-order valence-corrected chi connectivity index (χ2v) is 4.70. The molecule has 0 aromatic heterocycles. The van der Waals surface area contributed by atoms with Gasteiger partial charge in [0.25, 0.3) is 0 Å². The summed E-state index contributed by atoms with van der Waals surface area (Å²) in [6.07, 6.45) is 2.44. The van der Waals surface area contributed by atoms with Crippen molar-refractivity contribution in [2.75, 3.05) is 0 Å². The van der Waals surface area contributed by atoms with Gasteiger partial charge in [-0.15, -0.1) is 11.6 Å². The first-order chi connectivity index (χ1) is 7.07. The molecule has 1 heteroatoms. The van der Waals surface area contributed by atoms with E-state index in [1.54, 1.807) is 0 Å². The van der Waals surface area contributed by atoms with Crippen LogP contribution in [0.15, 0.2) is 18.2 Å². The number of benzene rings is 1. The van der Waals surface area contributed by atoms with Gasteiger partial charge < -0.3 is 0 Å². The molecule has 0 saturated carbocycles. The minimum atomic E-state index is 0. The van der Waals surface area contributed by atoms with Gasteiger partial charge >= 0.3 is 58.2 Å². The van der Waals surface area contributed by atoms with Crippen molar-refractivity contribution in [2.24, 2.45) is 0 Å². The minimum absolute atomic E-state index is 0. The van der Waals surface area contributed by atoms with Gasteiger partial charge in [-0.3, -0.25) is 0 Å². The van der Waals surface area contributed by atoms with Crippen LogP contribution in [-0.2, 0) is 0 Å². The molecule has 0 aliphatic carbocycles. The second kappa shape index (κ2) is 8.08. The van der Waals surface area contributed by atoms with E-state index in [0.29, 0.717) is 5.92 Å². The summed E-state index contributed by atoms with van der Waals surface area (Å²) in [6.45, 7) is 11.3. The van der Waals surface area contributed by atoms with E-state index < -0.39 is 0 Å². The SMILES string of the molecule is CCC[C-](C)c1cccc(C(C)C)c1C.[Rb+]. The molecule has 0 atom stereocenters. The Morgan fingerprint density at radius 2 is 1.88 bits per heavy atom. The monoisotopic (exact) mass is 288 g/mol. The van der Waals surface area contributed by atoms with Crippen LogP contribution in [0.3, 0.4) is 0 Å². The quantitative estimate of drug-likeness (QED) is 0.742. The van der Waals surface area contributed by atoms with Crippen molar-refractivity contribution >= 4 is 0 Å². The molecular formula is C15H23Rb. The van der Waals surface area contributed by atoms with Crippen LogP contribution in [0.25, 0.3) is 0 Å². The van der Waals surface area contributed by atoms with E-state index >= 15 is 0 Å². The topological polar surface area (TPSA) is 0 Å². The standard InChI is InChI=1S/C15H23.Rb/c1-6-8-12(4)15-10-7-9-14(11(2)3)13(15)5;/h7,9-11H,6,8H2,1-5H3;/q-1;+1. The molecule has 0 N–H and O–H groups in total. The first kappa shape index (κ1) is 16.9. The molecule has 84 valence electrons. The Hall–Kier alpha value is 0.895. The minimum Gasteiger partial charge on any atom is -0.186 e. The van der Waals surface area contributed by atoms with Gasteiger partial charge in [-0.25, -0.2) is 0 Å². The predicted molar refractivity (Wildman–Crippen MR) is 68.2 cm³/mol. The molecule has 1 rings (SSSR count). The fourth-order valence-electron chi connectivity index (χ4n) is 2.25. The fraction of sp³-hybridized carbons (Fsp3) is 0.533. The Morgan fingerprint density at radius 1 is 1.25 bits per heavy atom. The van der Waals surface area contributed by atoms with Crippen LogP contribution < -0.4 is 58.2 Å².